The molecule has 1 N–H and O–H groups in total. The largest absolute Gasteiger partial charge is 0.310 e. The fraction of sp³-hybridized carbons (Fsp3) is 0.500. The first-order chi connectivity index (χ1) is 9.35. The van der Waals surface area contributed by atoms with Crippen molar-refractivity contribution in [2.75, 3.05) is 6.54 Å². The molecule has 0 amide bonds. The molecule has 0 aliphatic rings. The summed E-state index contributed by atoms with van der Waals surface area (Å²) in [6.45, 7) is 6.75. The molecule has 0 fully saturated rings. The number of hydrogen-bond donors (Lipinski definition) is 1. The van der Waals surface area contributed by atoms with Crippen molar-refractivity contribution in [2.24, 2.45) is 0 Å². The molecular weight excluding hydrogens is 238 g/mol. The maximum Gasteiger partial charge on any atom is 0.165 e. The van der Waals surface area contributed by atoms with Gasteiger partial charge >= 0.3 is 0 Å². The first kappa shape index (κ1) is 13.7. The van der Waals surface area contributed by atoms with Gasteiger partial charge in [-0.15, -0.1) is 5.10 Å². The number of nitrogens with one attached hydrogen (secondary N) is 1. The summed E-state index contributed by atoms with van der Waals surface area (Å²) in [5.41, 5.74) is 2.64. The lowest BCUT2D eigenvalue weighted by Crippen LogP contribution is -2.18. The second kappa shape index (κ2) is 6.99. The number of rotatable bonds is 7. The number of aromatic nitrogens is 4. The summed E-state index contributed by atoms with van der Waals surface area (Å²) in [5.74, 6) is 0.888. The molecule has 1 aromatic heterocycles. The highest BCUT2D eigenvalue weighted by atomic mass is 15.5. The maximum atomic E-state index is 4.08. The SMILES string of the molecule is CCCNCc1nnnn1Cc1ccccc1CC. The molecule has 102 valence electrons. The van der Waals surface area contributed by atoms with E-state index in [1.807, 2.05) is 4.68 Å². The monoisotopic (exact) mass is 259 g/mol. The number of benzene rings is 1. The van der Waals surface area contributed by atoms with Crippen LogP contribution in [0.2, 0.25) is 0 Å². The Morgan fingerprint density at radius 1 is 1.16 bits per heavy atom. The number of nitrogens with zero attached hydrogens (tertiary/aromatic N) is 4. The van der Waals surface area contributed by atoms with Crippen LogP contribution in [0.15, 0.2) is 24.3 Å². The van der Waals surface area contributed by atoms with Crippen LogP contribution < -0.4 is 5.32 Å². The van der Waals surface area contributed by atoms with Crippen LogP contribution in [0.4, 0.5) is 0 Å². The quantitative estimate of drug-likeness (QED) is 0.770. The smallest absolute Gasteiger partial charge is 0.165 e. The van der Waals surface area contributed by atoms with Crippen LogP contribution in [-0.2, 0) is 19.5 Å². The van der Waals surface area contributed by atoms with Crippen LogP contribution in [0.3, 0.4) is 0 Å². The summed E-state index contributed by atoms with van der Waals surface area (Å²) >= 11 is 0. The molecule has 0 radical (unpaired) electrons. The van der Waals surface area contributed by atoms with E-state index in [4.69, 9.17) is 0 Å². The van der Waals surface area contributed by atoms with Crippen molar-refractivity contribution in [3.8, 4) is 0 Å². The molecule has 0 atom stereocenters. The summed E-state index contributed by atoms with van der Waals surface area (Å²) in [5, 5.41) is 15.3. The average molecular weight is 259 g/mol. The average Bonchev–Trinajstić information content (AvgIpc) is 2.87. The van der Waals surface area contributed by atoms with Gasteiger partial charge in [-0.2, -0.15) is 0 Å². The zero-order chi connectivity index (χ0) is 13.5. The predicted molar refractivity (Wildman–Crippen MR) is 74.7 cm³/mol. The van der Waals surface area contributed by atoms with Crippen molar-refractivity contribution < 1.29 is 0 Å². The van der Waals surface area contributed by atoms with E-state index in [2.05, 4.69) is 59.0 Å². The van der Waals surface area contributed by atoms with Gasteiger partial charge in [0.15, 0.2) is 5.82 Å². The van der Waals surface area contributed by atoms with Crippen molar-refractivity contribution in [1.82, 2.24) is 25.5 Å². The second-order valence-electron chi connectivity index (χ2n) is 4.55. The van der Waals surface area contributed by atoms with Crippen LogP contribution in [0.1, 0.15) is 37.2 Å². The molecule has 0 saturated heterocycles. The highest BCUT2D eigenvalue weighted by Gasteiger charge is 2.08. The zero-order valence-corrected chi connectivity index (χ0v) is 11.6. The Morgan fingerprint density at radius 3 is 2.68 bits per heavy atom. The summed E-state index contributed by atoms with van der Waals surface area (Å²) in [4.78, 5) is 0. The molecular formula is C14H21N5. The van der Waals surface area contributed by atoms with E-state index in [-0.39, 0.29) is 0 Å². The van der Waals surface area contributed by atoms with Crippen LogP contribution in [-0.4, -0.2) is 26.8 Å². The Kier molecular flexibility index (Phi) is 5.03. The molecule has 0 saturated carbocycles. The van der Waals surface area contributed by atoms with Gasteiger partial charge in [-0.25, -0.2) is 4.68 Å². The van der Waals surface area contributed by atoms with Crippen molar-refractivity contribution in [3.05, 3.63) is 41.2 Å². The molecule has 2 aromatic rings. The van der Waals surface area contributed by atoms with Crippen LogP contribution in [0.25, 0.3) is 0 Å². The van der Waals surface area contributed by atoms with E-state index >= 15 is 0 Å². The molecule has 2 rings (SSSR count). The van der Waals surface area contributed by atoms with Gasteiger partial charge in [0.25, 0.3) is 0 Å². The van der Waals surface area contributed by atoms with E-state index < -0.39 is 0 Å². The van der Waals surface area contributed by atoms with Crippen LogP contribution in [0.5, 0.6) is 0 Å². The lowest BCUT2D eigenvalue weighted by molar-refractivity contribution is 0.575. The van der Waals surface area contributed by atoms with Crippen LogP contribution >= 0.6 is 0 Å². The normalized spacial score (nSPS) is 10.8. The Bertz CT molecular complexity index is 506. The molecule has 0 aliphatic carbocycles. The Labute approximate surface area is 114 Å². The van der Waals surface area contributed by atoms with Gasteiger partial charge in [0.1, 0.15) is 0 Å². The fourth-order valence-electron chi connectivity index (χ4n) is 2.07. The summed E-state index contributed by atoms with van der Waals surface area (Å²) in [7, 11) is 0. The minimum atomic E-state index is 0.717. The lowest BCUT2D eigenvalue weighted by atomic mass is 10.1. The van der Waals surface area contributed by atoms with E-state index in [1.54, 1.807) is 0 Å². The third-order valence-electron chi connectivity index (χ3n) is 3.14. The number of tetrazole rings is 1. The first-order valence-electron chi connectivity index (χ1n) is 6.87. The van der Waals surface area contributed by atoms with Gasteiger partial charge < -0.3 is 5.32 Å². The molecule has 0 unspecified atom stereocenters. The van der Waals surface area contributed by atoms with Gasteiger partial charge in [0, 0.05) is 0 Å². The third-order valence-corrected chi connectivity index (χ3v) is 3.14. The highest BCUT2D eigenvalue weighted by Crippen LogP contribution is 2.11. The van der Waals surface area contributed by atoms with Gasteiger partial charge in [0.05, 0.1) is 13.1 Å². The van der Waals surface area contributed by atoms with Gasteiger partial charge in [-0.3, -0.25) is 0 Å². The molecule has 0 aliphatic heterocycles. The van der Waals surface area contributed by atoms with Gasteiger partial charge in [-0.1, -0.05) is 38.1 Å². The number of hydrogen-bond acceptors (Lipinski definition) is 4. The Hall–Kier alpha value is -1.75. The fourth-order valence-corrected chi connectivity index (χ4v) is 2.07. The molecule has 5 heteroatoms. The minimum Gasteiger partial charge on any atom is -0.310 e. The molecule has 5 nitrogen and oxygen atoms in total. The number of aryl methyl sites for hydroxylation is 1. The molecule has 1 heterocycles. The minimum absolute atomic E-state index is 0.717. The summed E-state index contributed by atoms with van der Waals surface area (Å²) in [6.07, 6.45) is 2.14. The Morgan fingerprint density at radius 2 is 1.95 bits per heavy atom. The van der Waals surface area contributed by atoms with E-state index in [0.717, 1.165) is 38.3 Å². The molecule has 1 aromatic carbocycles. The summed E-state index contributed by atoms with van der Waals surface area (Å²) < 4.78 is 1.87. The van der Waals surface area contributed by atoms with Crippen molar-refractivity contribution in [3.63, 3.8) is 0 Å². The van der Waals surface area contributed by atoms with E-state index in [1.165, 1.54) is 11.1 Å². The zero-order valence-electron chi connectivity index (χ0n) is 11.6. The van der Waals surface area contributed by atoms with E-state index in [0.29, 0.717) is 0 Å². The Balaban J connectivity index is 2.08. The third kappa shape index (κ3) is 3.61. The summed E-state index contributed by atoms with van der Waals surface area (Å²) in [6, 6.07) is 8.44. The molecule has 0 spiro atoms. The van der Waals surface area contributed by atoms with Crippen molar-refractivity contribution in [2.45, 2.75) is 39.8 Å². The molecule has 0 bridgehead atoms. The van der Waals surface area contributed by atoms with Crippen molar-refractivity contribution >= 4 is 0 Å². The first-order valence-corrected chi connectivity index (χ1v) is 6.87. The standard InChI is InChI=1S/C14H21N5/c1-3-9-15-10-14-16-17-18-19(14)11-13-8-6-5-7-12(13)4-2/h5-8,15H,3-4,9-11H2,1-2H3. The second-order valence-corrected chi connectivity index (χ2v) is 4.55. The van der Waals surface area contributed by atoms with Gasteiger partial charge in [-0.05, 0) is 40.9 Å². The van der Waals surface area contributed by atoms with Gasteiger partial charge in [0.2, 0.25) is 0 Å². The predicted octanol–water partition coefficient (Wildman–Crippen LogP) is 1.78. The molecule has 19 heavy (non-hydrogen) atoms. The highest BCUT2D eigenvalue weighted by molar-refractivity contribution is 5.27. The lowest BCUT2D eigenvalue weighted by Gasteiger charge is -2.09. The van der Waals surface area contributed by atoms with E-state index in [9.17, 15) is 0 Å². The van der Waals surface area contributed by atoms with Crippen molar-refractivity contribution in [1.29, 1.82) is 0 Å². The van der Waals surface area contributed by atoms with Crippen LogP contribution in [0, 0.1) is 0 Å². The maximum absolute atomic E-state index is 4.08. The topological polar surface area (TPSA) is 55.6 Å².